The number of nitrogens with one attached hydrogen (secondary N) is 1. The summed E-state index contributed by atoms with van der Waals surface area (Å²) in [7, 11) is 1.58. The number of nitrogens with zero attached hydrogens (tertiary/aromatic N) is 1. The fourth-order valence-corrected chi connectivity index (χ4v) is 4.39. The van der Waals surface area contributed by atoms with Crippen molar-refractivity contribution in [1.29, 1.82) is 0 Å². The molecule has 4 aromatic carbocycles. The number of phenolic OH excluding ortho intramolecular Hbond substituents is 1. The van der Waals surface area contributed by atoms with Gasteiger partial charge in [-0.05, 0) is 79.4 Å². The zero-order valence-corrected chi connectivity index (χ0v) is 23.2. The van der Waals surface area contributed by atoms with Gasteiger partial charge in [0, 0.05) is 30.9 Å². The average molecular weight is 551 g/mol. The summed E-state index contributed by atoms with van der Waals surface area (Å²) in [5.74, 6) is 0.218. The van der Waals surface area contributed by atoms with Gasteiger partial charge in [-0.1, -0.05) is 30.3 Å². The standard InChI is InChI=1S/C33H30N2O6/c1-20-8-7-11-25(22(20)3)34-26-10-6-5-9-24(26)33(38)41-29-18-31-30(39-19-40-31)17-27(29)35(4)32(37)15-13-23-12-14-28(36)21(2)16-23/h5-18,34,36H,19H2,1-4H3. The molecule has 0 unspecified atom stereocenters. The number of para-hydroxylation sites is 1. The van der Waals surface area contributed by atoms with Gasteiger partial charge in [0.25, 0.3) is 5.91 Å². The Kier molecular flexibility index (Phi) is 7.65. The molecule has 0 bridgehead atoms. The highest BCUT2D eigenvalue weighted by atomic mass is 16.7. The highest BCUT2D eigenvalue weighted by molar-refractivity contribution is 6.05. The van der Waals surface area contributed by atoms with Crippen molar-refractivity contribution < 1.29 is 28.9 Å². The van der Waals surface area contributed by atoms with Crippen LogP contribution in [-0.4, -0.2) is 30.8 Å². The lowest BCUT2D eigenvalue weighted by Gasteiger charge is -2.20. The van der Waals surface area contributed by atoms with Crippen molar-refractivity contribution >= 4 is 35.0 Å². The number of aromatic hydroxyl groups is 1. The number of hydrogen-bond acceptors (Lipinski definition) is 7. The Morgan fingerprint density at radius 3 is 2.41 bits per heavy atom. The van der Waals surface area contributed by atoms with Crippen LogP contribution < -0.4 is 24.4 Å². The van der Waals surface area contributed by atoms with Gasteiger partial charge in [-0.2, -0.15) is 0 Å². The van der Waals surface area contributed by atoms with Crippen molar-refractivity contribution in [3.63, 3.8) is 0 Å². The minimum atomic E-state index is -0.602. The van der Waals surface area contributed by atoms with Gasteiger partial charge in [0.15, 0.2) is 17.2 Å². The molecule has 208 valence electrons. The van der Waals surface area contributed by atoms with E-state index >= 15 is 0 Å². The number of likely N-dealkylation sites (N-methyl/N-ethyl adjacent to an activating group) is 1. The SMILES string of the molecule is Cc1cc(C=CC(=O)N(C)c2cc3c(cc2OC(=O)c2ccccc2Nc2cccc(C)c2C)OCO3)ccc1O. The second-order valence-corrected chi connectivity index (χ2v) is 9.76. The van der Waals surface area contributed by atoms with Gasteiger partial charge in [0.05, 0.1) is 16.9 Å². The lowest BCUT2D eigenvalue weighted by molar-refractivity contribution is -0.113. The van der Waals surface area contributed by atoms with E-state index in [0.29, 0.717) is 34.0 Å². The van der Waals surface area contributed by atoms with Gasteiger partial charge in [-0.3, -0.25) is 4.79 Å². The third-order valence-electron chi connectivity index (χ3n) is 7.01. The molecule has 0 aliphatic carbocycles. The Balaban J connectivity index is 1.42. The largest absolute Gasteiger partial charge is 0.508 e. The minimum absolute atomic E-state index is 0.0204. The highest BCUT2D eigenvalue weighted by Crippen LogP contribution is 2.43. The van der Waals surface area contributed by atoms with Crippen LogP contribution in [0.25, 0.3) is 6.08 Å². The van der Waals surface area contributed by atoms with E-state index in [0.717, 1.165) is 22.4 Å². The van der Waals surface area contributed by atoms with Crippen LogP contribution in [0.15, 0.2) is 78.9 Å². The van der Waals surface area contributed by atoms with Gasteiger partial charge in [-0.25, -0.2) is 4.79 Å². The van der Waals surface area contributed by atoms with E-state index in [-0.39, 0.29) is 24.2 Å². The third kappa shape index (κ3) is 5.86. The number of benzene rings is 4. The number of anilines is 3. The van der Waals surface area contributed by atoms with E-state index in [2.05, 4.69) is 5.32 Å². The highest BCUT2D eigenvalue weighted by Gasteiger charge is 2.25. The molecular weight excluding hydrogens is 520 g/mol. The van der Waals surface area contributed by atoms with Gasteiger partial charge in [0.2, 0.25) is 6.79 Å². The van der Waals surface area contributed by atoms with Crippen molar-refractivity contribution in [2.75, 3.05) is 24.1 Å². The predicted octanol–water partition coefficient (Wildman–Crippen LogP) is 6.69. The molecule has 0 saturated carbocycles. The molecule has 1 aliphatic heterocycles. The molecule has 41 heavy (non-hydrogen) atoms. The Labute approximate surface area is 238 Å². The number of hydrogen-bond donors (Lipinski definition) is 2. The number of phenols is 1. The number of ether oxygens (including phenoxy) is 3. The quantitative estimate of drug-likeness (QED) is 0.150. The number of carbonyl (C=O) groups excluding carboxylic acids is 2. The molecule has 5 rings (SSSR count). The molecular formula is C33H30N2O6. The Bertz CT molecular complexity index is 1680. The molecule has 8 heteroatoms. The summed E-state index contributed by atoms with van der Waals surface area (Å²) >= 11 is 0. The lowest BCUT2D eigenvalue weighted by atomic mass is 10.1. The number of amides is 1. The first kappa shape index (κ1) is 27.3. The molecule has 0 saturated heterocycles. The summed E-state index contributed by atoms with van der Waals surface area (Å²) in [6, 6.07) is 21.2. The zero-order valence-electron chi connectivity index (χ0n) is 23.2. The van der Waals surface area contributed by atoms with Crippen LogP contribution >= 0.6 is 0 Å². The Morgan fingerprint density at radius 2 is 1.63 bits per heavy atom. The molecule has 0 aromatic heterocycles. The zero-order chi connectivity index (χ0) is 29.1. The summed E-state index contributed by atoms with van der Waals surface area (Å²) in [4.78, 5) is 28.1. The van der Waals surface area contributed by atoms with Crippen LogP contribution in [0.3, 0.4) is 0 Å². The monoisotopic (exact) mass is 550 g/mol. The van der Waals surface area contributed by atoms with Gasteiger partial charge < -0.3 is 29.5 Å². The minimum Gasteiger partial charge on any atom is -0.508 e. The van der Waals surface area contributed by atoms with Gasteiger partial charge in [-0.15, -0.1) is 0 Å². The molecule has 0 spiro atoms. The number of aryl methyl sites for hydroxylation is 2. The molecule has 2 N–H and O–H groups in total. The van der Waals surface area contributed by atoms with Crippen molar-refractivity contribution in [3.05, 3.63) is 107 Å². The fraction of sp³-hybridized carbons (Fsp3) is 0.152. The smallest absolute Gasteiger partial charge is 0.345 e. The van der Waals surface area contributed by atoms with Crippen LogP contribution in [-0.2, 0) is 4.79 Å². The topological polar surface area (TPSA) is 97.3 Å². The second kappa shape index (κ2) is 11.5. The van der Waals surface area contributed by atoms with Crippen LogP contribution in [0.4, 0.5) is 17.1 Å². The van der Waals surface area contributed by atoms with E-state index in [9.17, 15) is 14.7 Å². The molecule has 0 radical (unpaired) electrons. The summed E-state index contributed by atoms with van der Waals surface area (Å²) < 4.78 is 16.9. The Hall–Kier alpha value is -5.24. The van der Waals surface area contributed by atoms with Gasteiger partial charge in [0.1, 0.15) is 5.75 Å². The maximum Gasteiger partial charge on any atom is 0.345 e. The van der Waals surface area contributed by atoms with Gasteiger partial charge >= 0.3 is 5.97 Å². The summed E-state index contributed by atoms with van der Waals surface area (Å²) in [6.45, 7) is 5.85. The van der Waals surface area contributed by atoms with E-state index in [1.807, 2.05) is 44.2 Å². The van der Waals surface area contributed by atoms with E-state index in [1.54, 1.807) is 62.5 Å². The first-order valence-electron chi connectivity index (χ1n) is 13.0. The molecule has 0 atom stereocenters. The molecule has 1 amide bonds. The van der Waals surface area contributed by atoms with Crippen molar-refractivity contribution in [3.8, 4) is 23.0 Å². The first-order valence-corrected chi connectivity index (χ1v) is 13.0. The fourth-order valence-electron chi connectivity index (χ4n) is 4.39. The number of esters is 1. The molecule has 0 fully saturated rings. The second-order valence-electron chi connectivity index (χ2n) is 9.76. The summed E-state index contributed by atoms with van der Waals surface area (Å²) in [6.07, 6.45) is 3.06. The maximum atomic E-state index is 13.5. The molecule has 4 aromatic rings. The summed E-state index contributed by atoms with van der Waals surface area (Å²) in [5, 5.41) is 13.1. The predicted molar refractivity (Wildman–Crippen MR) is 158 cm³/mol. The number of rotatable bonds is 7. The Morgan fingerprint density at radius 1 is 0.902 bits per heavy atom. The van der Waals surface area contributed by atoms with Crippen LogP contribution in [0.2, 0.25) is 0 Å². The maximum absolute atomic E-state index is 13.5. The van der Waals surface area contributed by atoms with Crippen LogP contribution in [0.5, 0.6) is 23.0 Å². The molecule has 1 heterocycles. The van der Waals surface area contributed by atoms with Crippen molar-refractivity contribution in [1.82, 2.24) is 0 Å². The summed E-state index contributed by atoms with van der Waals surface area (Å²) in [5.41, 5.74) is 5.79. The van der Waals surface area contributed by atoms with Crippen molar-refractivity contribution in [2.24, 2.45) is 0 Å². The first-order chi connectivity index (χ1) is 19.7. The lowest BCUT2D eigenvalue weighted by Crippen LogP contribution is -2.25. The molecule has 8 nitrogen and oxygen atoms in total. The van der Waals surface area contributed by atoms with Crippen LogP contribution in [0, 0.1) is 20.8 Å². The number of fused-ring (bicyclic) bond motifs is 1. The van der Waals surface area contributed by atoms with E-state index in [1.165, 1.54) is 11.0 Å². The van der Waals surface area contributed by atoms with Crippen molar-refractivity contribution in [2.45, 2.75) is 20.8 Å². The third-order valence-corrected chi connectivity index (χ3v) is 7.01. The normalized spacial score (nSPS) is 11.9. The van der Waals surface area contributed by atoms with Crippen LogP contribution in [0.1, 0.15) is 32.6 Å². The van der Waals surface area contributed by atoms with E-state index in [4.69, 9.17) is 14.2 Å². The number of carbonyl (C=O) groups is 2. The molecule has 1 aliphatic rings. The van der Waals surface area contributed by atoms with E-state index < -0.39 is 5.97 Å². The average Bonchev–Trinajstić information content (AvgIpc) is 3.43.